The van der Waals surface area contributed by atoms with Crippen LogP contribution in [0.15, 0.2) is 67.0 Å². The van der Waals surface area contributed by atoms with Gasteiger partial charge in [-0.3, -0.25) is 9.59 Å². The molecule has 220 valence electrons. The van der Waals surface area contributed by atoms with Gasteiger partial charge in [0, 0.05) is 47.7 Å². The average molecular weight is 578 g/mol. The fourth-order valence-corrected chi connectivity index (χ4v) is 6.70. The van der Waals surface area contributed by atoms with Crippen LogP contribution in [0.4, 0.5) is 5.69 Å². The molecule has 4 aromatic rings. The number of aryl methyl sites for hydroxylation is 1. The number of aromatic nitrogens is 3. The number of fused-ring (bicyclic) bond motifs is 1. The molecule has 2 amide bonds. The molecule has 2 fully saturated rings. The number of carboxylic acid groups (broad SMARTS) is 1. The van der Waals surface area contributed by atoms with Crippen molar-refractivity contribution in [3.63, 3.8) is 0 Å². The van der Waals surface area contributed by atoms with Gasteiger partial charge in [-0.2, -0.15) is 0 Å². The quantitative estimate of drug-likeness (QED) is 0.218. The molecule has 2 aliphatic rings. The number of hydrogen-bond acceptors (Lipinski definition) is 5. The maximum Gasteiger partial charge on any atom is 0.328 e. The van der Waals surface area contributed by atoms with E-state index < -0.39 is 11.5 Å². The van der Waals surface area contributed by atoms with Crippen LogP contribution in [-0.4, -0.2) is 43.0 Å². The van der Waals surface area contributed by atoms with Gasteiger partial charge in [0.05, 0.1) is 5.69 Å². The molecule has 2 aliphatic carbocycles. The van der Waals surface area contributed by atoms with E-state index in [4.69, 9.17) is 5.11 Å². The van der Waals surface area contributed by atoms with Gasteiger partial charge in [-0.15, -0.1) is 0 Å². The van der Waals surface area contributed by atoms with Crippen LogP contribution in [0.2, 0.25) is 0 Å². The Morgan fingerprint density at radius 2 is 1.67 bits per heavy atom. The highest BCUT2D eigenvalue weighted by atomic mass is 16.4. The van der Waals surface area contributed by atoms with Crippen molar-refractivity contribution in [3.8, 4) is 11.5 Å². The van der Waals surface area contributed by atoms with E-state index in [0.29, 0.717) is 41.4 Å². The Bertz CT molecular complexity index is 1700. The van der Waals surface area contributed by atoms with Crippen LogP contribution >= 0.6 is 0 Å². The molecule has 2 aromatic carbocycles. The molecular weight excluding hydrogens is 542 g/mol. The summed E-state index contributed by atoms with van der Waals surface area (Å²) < 4.78 is 2.10. The first-order valence-corrected chi connectivity index (χ1v) is 14.9. The number of anilines is 1. The summed E-state index contributed by atoms with van der Waals surface area (Å²) in [5, 5.41) is 16.0. The third-order valence-corrected chi connectivity index (χ3v) is 8.87. The molecule has 43 heavy (non-hydrogen) atoms. The summed E-state index contributed by atoms with van der Waals surface area (Å²) in [7, 11) is 2.00. The zero-order valence-electron chi connectivity index (χ0n) is 24.2. The summed E-state index contributed by atoms with van der Waals surface area (Å²) in [4.78, 5) is 47.2. The SMILES string of the molecule is Cn1c(-c2ncccn2)c(C2CCCC2)c2ccc(C(=O)NC3(C(=O)Nc4ccc(/C=C/C(=O)O)cc4)CCCC3)cc21. The predicted octanol–water partition coefficient (Wildman–Crippen LogP) is 6.07. The second kappa shape index (κ2) is 11.8. The van der Waals surface area contributed by atoms with E-state index >= 15 is 0 Å². The van der Waals surface area contributed by atoms with Crippen molar-refractivity contribution in [1.29, 1.82) is 0 Å². The minimum absolute atomic E-state index is 0.251. The third-order valence-electron chi connectivity index (χ3n) is 8.87. The fraction of sp³-hybridized carbons (Fsp3) is 0.324. The lowest BCUT2D eigenvalue weighted by atomic mass is 9.93. The standard InChI is InChI=1S/C34H35N5O4/c1-39-27-21-24(12-15-26(27)29(23-7-2-3-8-23)30(39)31-35-19-6-20-36-31)32(42)38-34(17-4-5-18-34)33(43)37-25-13-9-22(10-14-25)11-16-28(40)41/h6,9-16,19-21,23H,2-5,7-8,17-18H2,1H3,(H,37,43)(H,38,42)(H,40,41)/b16-11+. The number of rotatable bonds is 8. The summed E-state index contributed by atoms with van der Waals surface area (Å²) >= 11 is 0. The van der Waals surface area contributed by atoms with Gasteiger partial charge in [-0.1, -0.05) is 43.9 Å². The largest absolute Gasteiger partial charge is 0.478 e. The molecule has 9 heteroatoms. The van der Waals surface area contributed by atoms with E-state index in [2.05, 4.69) is 25.2 Å². The molecule has 0 saturated heterocycles. The summed E-state index contributed by atoms with van der Waals surface area (Å²) in [5.74, 6) is -0.451. The molecule has 0 radical (unpaired) electrons. The average Bonchev–Trinajstić information content (AvgIpc) is 3.78. The maximum absolute atomic E-state index is 13.7. The fourth-order valence-electron chi connectivity index (χ4n) is 6.70. The molecule has 0 atom stereocenters. The summed E-state index contributed by atoms with van der Waals surface area (Å²) in [6, 6.07) is 14.5. The van der Waals surface area contributed by atoms with Crippen molar-refractivity contribution < 1.29 is 19.5 Å². The highest BCUT2D eigenvalue weighted by Crippen LogP contribution is 2.44. The van der Waals surface area contributed by atoms with Crippen LogP contribution in [0.3, 0.4) is 0 Å². The topological polar surface area (TPSA) is 126 Å². The van der Waals surface area contributed by atoms with E-state index in [1.165, 1.54) is 24.5 Å². The minimum atomic E-state index is -1.03. The van der Waals surface area contributed by atoms with Crippen LogP contribution < -0.4 is 10.6 Å². The van der Waals surface area contributed by atoms with E-state index in [1.807, 2.05) is 31.3 Å². The Labute approximate surface area is 250 Å². The molecular formula is C34H35N5O4. The van der Waals surface area contributed by atoms with Crippen LogP contribution in [-0.2, 0) is 16.6 Å². The smallest absolute Gasteiger partial charge is 0.328 e. The Morgan fingerprint density at radius 1 is 0.977 bits per heavy atom. The molecule has 6 rings (SSSR count). The molecule has 2 aromatic heterocycles. The summed E-state index contributed by atoms with van der Waals surface area (Å²) in [6.07, 6.45) is 13.5. The van der Waals surface area contributed by atoms with Crippen molar-refractivity contribution >= 4 is 40.4 Å². The number of aliphatic carboxylic acids is 1. The maximum atomic E-state index is 13.7. The Kier molecular flexibility index (Phi) is 7.80. The Hall–Kier alpha value is -4.79. The molecule has 0 aliphatic heterocycles. The molecule has 9 nitrogen and oxygen atoms in total. The normalized spacial score (nSPS) is 16.6. The third kappa shape index (κ3) is 5.67. The van der Waals surface area contributed by atoms with Gasteiger partial charge in [-0.25, -0.2) is 14.8 Å². The van der Waals surface area contributed by atoms with Gasteiger partial charge < -0.3 is 20.3 Å². The first-order chi connectivity index (χ1) is 20.8. The van der Waals surface area contributed by atoms with Crippen molar-refractivity contribution in [2.75, 3.05) is 5.32 Å². The number of benzene rings is 2. The zero-order valence-corrected chi connectivity index (χ0v) is 24.2. The van der Waals surface area contributed by atoms with Crippen molar-refractivity contribution in [3.05, 3.63) is 83.7 Å². The van der Waals surface area contributed by atoms with Gasteiger partial charge in [0.1, 0.15) is 5.54 Å². The molecule has 0 spiro atoms. The van der Waals surface area contributed by atoms with E-state index in [1.54, 1.807) is 36.7 Å². The first-order valence-electron chi connectivity index (χ1n) is 14.9. The lowest BCUT2D eigenvalue weighted by Crippen LogP contribution is -2.55. The Balaban J connectivity index is 1.27. The monoisotopic (exact) mass is 577 g/mol. The number of amides is 2. The summed E-state index contributed by atoms with van der Waals surface area (Å²) in [5.41, 5.74) is 3.97. The number of hydrogen-bond donors (Lipinski definition) is 3. The first kappa shape index (κ1) is 28.3. The molecule has 3 N–H and O–H groups in total. The van der Waals surface area contributed by atoms with Gasteiger partial charge in [0.25, 0.3) is 5.91 Å². The van der Waals surface area contributed by atoms with Crippen molar-refractivity contribution in [1.82, 2.24) is 19.9 Å². The molecule has 0 unspecified atom stereocenters. The van der Waals surface area contributed by atoms with Crippen LogP contribution in [0.25, 0.3) is 28.5 Å². The zero-order chi connectivity index (χ0) is 30.0. The van der Waals surface area contributed by atoms with Gasteiger partial charge >= 0.3 is 5.97 Å². The van der Waals surface area contributed by atoms with Crippen LogP contribution in [0.5, 0.6) is 0 Å². The summed E-state index contributed by atoms with van der Waals surface area (Å²) in [6.45, 7) is 0. The number of carbonyl (C=O) groups excluding carboxylic acids is 2. The van der Waals surface area contributed by atoms with Gasteiger partial charge in [0.2, 0.25) is 5.91 Å². The number of carboxylic acids is 1. The lowest BCUT2D eigenvalue weighted by Gasteiger charge is -2.29. The molecule has 0 bridgehead atoms. The second-order valence-corrected chi connectivity index (χ2v) is 11.6. The predicted molar refractivity (Wildman–Crippen MR) is 166 cm³/mol. The highest BCUT2D eigenvalue weighted by Gasteiger charge is 2.42. The van der Waals surface area contributed by atoms with Crippen LogP contribution in [0, 0.1) is 0 Å². The van der Waals surface area contributed by atoms with E-state index in [9.17, 15) is 14.4 Å². The minimum Gasteiger partial charge on any atom is -0.478 e. The number of nitrogens with zero attached hydrogens (tertiary/aromatic N) is 3. The lowest BCUT2D eigenvalue weighted by molar-refractivity contribution is -0.131. The Morgan fingerprint density at radius 3 is 2.35 bits per heavy atom. The van der Waals surface area contributed by atoms with Crippen LogP contribution in [0.1, 0.15) is 78.8 Å². The van der Waals surface area contributed by atoms with Crippen molar-refractivity contribution in [2.24, 2.45) is 7.05 Å². The van der Waals surface area contributed by atoms with Gasteiger partial charge in [-0.05, 0) is 79.1 Å². The molecule has 2 saturated carbocycles. The number of nitrogens with one attached hydrogen (secondary N) is 2. The van der Waals surface area contributed by atoms with E-state index in [-0.39, 0.29) is 11.8 Å². The van der Waals surface area contributed by atoms with E-state index in [0.717, 1.165) is 48.4 Å². The second-order valence-electron chi connectivity index (χ2n) is 11.6. The van der Waals surface area contributed by atoms with Gasteiger partial charge in [0.15, 0.2) is 5.82 Å². The molecule has 2 heterocycles. The highest BCUT2D eigenvalue weighted by molar-refractivity contribution is 6.05. The number of carbonyl (C=O) groups is 3. The van der Waals surface area contributed by atoms with Crippen molar-refractivity contribution in [2.45, 2.75) is 62.8 Å².